The number of aromatic nitrogens is 2. The third kappa shape index (κ3) is 8.10. The van der Waals surface area contributed by atoms with Crippen LogP contribution in [0.1, 0.15) is 49.6 Å². The quantitative estimate of drug-likeness (QED) is 0.292. The van der Waals surface area contributed by atoms with Crippen molar-refractivity contribution in [3.8, 4) is 0 Å². The summed E-state index contributed by atoms with van der Waals surface area (Å²) in [5.74, 6) is -0.380. The summed E-state index contributed by atoms with van der Waals surface area (Å²) in [5.41, 5.74) is 3.33. The van der Waals surface area contributed by atoms with E-state index in [0.717, 1.165) is 31.4 Å². The minimum atomic E-state index is -0.514. The fraction of sp³-hybridized carbons (Fsp3) is 0.435. The van der Waals surface area contributed by atoms with Crippen molar-refractivity contribution in [2.45, 2.75) is 44.7 Å². The maximum Gasteiger partial charge on any atom is 0.249 e. The second-order valence-corrected chi connectivity index (χ2v) is 8.36. The number of aromatic amines is 1. The first-order valence-corrected chi connectivity index (χ1v) is 11.4. The number of nitrogens with one attached hydrogen (secondary N) is 4. The van der Waals surface area contributed by atoms with Gasteiger partial charge in [-0.3, -0.25) is 29.7 Å². The number of furan rings is 1. The highest BCUT2D eigenvalue weighted by atomic mass is 16.3. The third-order valence-corrected chi connectivity index (χ3v) is 5.35. The standard InChI is InChI=1S/C23H31N7O5/c1-29(2)28-22(33)10-11-23(34)30-12-4-3-7-18(30)17-14-19(27-26-17)25-21(32)9-8-20(31)24-15-16-6-5-13-35-16/h5-6,8-9,13-14,18H,3-4,7,10-12,15H2,1-2H3,(H,24,31)(H,28,33)(H2,25,26,27,32)/b9-8+/t18-/m1/s1. The van der Waals surface area contributed by atoms with Crippen molar-refractivity contribution in [2.75, 3.05) is 26.0 Å². The predicted octanol–water partition coefficient (Wildman–Crippen LogP) is 1.24. The average molecular weight is 486 g/mol. The van der Waals surface area contributed by atoms with Crippen LogP contribution in [0, 0.1) is 0 Å². The smallest absolute Gasteiger partial charge is 0.249 e. The van der Waals surface area contributed by atoms with Gasteiger partial charge >= 0.3 is 0 Å². The molecule has 0 aromatic carbocycles. The number of hydrazine groups is 1. The Morgan fingerprint density at radius 3 is 2.74 bits per heavy atom. The van der Waals surface area contributed by atoms with E-state index >= 15 is 0 Å². The molecule has 0 spiro atoms. The van der Waals surface area contributed by atoms with Crippen molar-refractivity contribution in [1.29, 1.82) is 0 Å². The molecular weight excluding hydrogens is 454 g/mol. The molecule has 1 atom stereocenters. The highest BCUT2D eigenvalue weighted by molar-refractivity contribution is 6.03. The van der Waals surface area contributed by atoms with E-state index in [-0.39, 0.29) is 43.1 Å². The molecule has 188 valence electrons. The largest absolute Gasteiger partial charge is 0.467 e. The van der Waals surface area contributed by atoms with Gasteiger partial charge < -0.3 is 20.0 Å². The van der Waals surface area contributed by atoms with Crippen LogP contribution in [0.3, 0.4) is 0 Å². The minimum Gasteiger partial charge on any atom is -0.467 e. The predicted molar refractivity (Wildman–Crippen MR) is 126 cm³/mol. The first-order valence-electron chi connectivity index (χ1n) is 11.4. The average Bonchev–Trinajstić information content (AvgIpc) is 3.52. The van der Waals surface area contributed by atoms with Crippen LogP contribution in [-0.2, 0) is 25.7 Å². The lowest BCUT2D eigenvalue weighted by atomic mass is 9.98. The molecule has 3 rings (SSSR count). The van der Waals surface area contributed by atoms with Crippen molar-refractivity contribution in [1.82, 2.24) is 30.8 Å². The highest BCUT2D eigenvalue weighted by Gasteiger charge is 2.29. The number of anilines is 1. The van der Waals surface area contributed by atoms with E-state index in [0.29, 0.717) is 18.0 Å². The summed E-state index contributed by atoms with van der Waals surface area (Å²) in [6.45, 7) is 0.812. The Kier molecular flexibility index (Phi) is 9.18. The molecule has 4 amide bonds. The molecule has 3 heterocycles. The lowest BCUT2D eigenvalue weighted by Gasteiger charge is -2.35. The lowest BCUT2D eigenvalue weighted by Crippen LogP contribution is -2.40. The molecule has 4 N–H and O–H groups in total. The Labute approximate surface area is 203 Å². The van der Waals surface area contributed by atoms with E-state index in [1.165, 1.54) is 6.26 Å². The van der Waals surface area contributed by atoms with Crippen molar-refractivity contribution >= 4 is 29.4 Å². The molecule has 1 aliphatic rings. The first-order chi connectivity index (χ1) is 16.8. The molecule has 1 fully saturated rings. The summed E-state index contributed by atoms with van der Waals surface area (Å²) < 4.78 is 5.13. The van der Waals surface area contributed by atoms with Gasteiger partial charge in [-0.1, -0.05) is 0 Å². The van der Waals surface area contributed by atoms with E-state index in [4.69, 9.17) is 4.42 Å². The van der Waals surface area contributed by atoms with Crippen LogP contribution >= 0.6 is 0 Å². The van der Waals surface area contributed by atoms with Crippen LogP contribution < -0.4 is 16.1 Å². The maximum absolute atomic E-state index is 12.8. The van der Waals surface area contributed by atoms with Crippen molar-refractivity contribution in [3.63, 3.8) is 0 Å². The molecule has 0 unspecified atom stereocenters. The summed E-state index contributed by atoms with van der Waals surface area (Å²) in [7, 11) is 3.42. The molecular formula is C23H31N7O5. The summed E-state index contributed by atoms with van der Waals surface area (Å²) in [5, 5.41) is 13.8. The zero-order valence-corrected chi connectivity index (χ0v) is 19.9. The zero-order chi connectivity index (χ0) is 25.2. The van der Waals surface area contributed by atoms with E-state index < -0.39 is 11.8 Å². The zero-order valence-electron chi connectivity index (χ0n) is 19.9. The van der Waals surface area contributed by atoms with Crippen LogP contribution in [0.25, 0.3) is 0 Å². The van der Waals surface area contributed by atoms with Gasteiger partial charge in [-0.2, -0.15) is 5.10 Å². The normalized spacial score (nSPS) is 15.9. The molecule has 0 bridgehead atoms. The fourth-order valence-corrected chi connectivity index (χ4v) is 3.76. The number of carbonyl (C=O) groups excluding carboxylic acids is 4. The van der Waals surface area contributed by atoms with Gasteiger partial charge in [-0.15, -0.1) is 0 Å². The molecule has 2 aromatic rings. The van der Waals surface area contributed by atoms with Crippen molar-refractivity contribution in [2.24, 2.45) is 0 Å². The van der Waals surface area contributed by atoms with Gasteiger partial charge in [0.2, 0.25) is 23.6 Å². The Morgan fingerprint density at radius 2 is 2.00 bits per heavy atom. The first kappa shape index (κ1) is 25.7. The number of carbonyl (C=O) groups is 4. The van der Waals surface area contributed by atoms with E-state index in [1.54, 1.807) is 42.2 Å². The molecule has 0 saturated carbocycles. The Hall–Kier alpha value is -3.93. The van der Waals surface area contributed by atoms with Crippen molar-refractivity contribution in [3.05, 3.63) is 48.1 Å². The molecule has 12 nitrogen and oxygen atoms in total. The van der Waals surface area contributed by atoms with Crippen molar-refractivity contribution < 1.29 is 23.6 Å². The van der Waals surface area contributed by atoms with E-state index in [9.17, 15) is 19.2 Å². The highest BCUT2D eigenvalue weighted by Crippen LogP contribution is 2.31. The van der Waals surface area contributed by atoms with Gasteiger partial charge in [0.15, 0.2) is 5.82 Å². The molecule has 2 aromatic heterocycles. The van der Waals surface area contributed by atoms with Gasteiger partial charge in [-0.05, 0) is 31.4 Å². The Bertz CT molecular complexity index is 1040. The minimum absolute atomic E-state index is 0.103. The number of amides is 4. The number of hydrogen-bond donors (Lipinski definition) is 4. The number of rotatable bonds is 10. The fourth-order valence-electron chi connectivity index (χ4n) is 3.76. The van der Waals surface area contributed by atoms with E-state index in [1.807, 2.05) is 0 Å². The molecule has 1 aliphatic heterocycles. The number of nitrogens with zero attached hydrogens (tertiary/aromatic N) is 3. The molecule has 0 aliphatic carbocycles. The molecule has 12 heteroatoms. The van der Waals surface area contributed by atoms with Crippen LogP contribution in [0.2, 0.25) is 0 Å². The van der Waals surface area contributed by atoms with Gasteiger partial charge in [0.1, 0.15) is 5.76 Å². The van der Waals surface area contributed by atoms with Crippen LogP contribution in [0.15, 0.2) is 41.0 Å². The second-order valence-electron chi connectivity index (χ2n) is 8.36. The van der Waals surface area contributed by atoms with Gasteiger partial charge in [0.05, 0.1) is 24.5 Å². The summed E-state index contributed by atoms with van der Waals surface area (Å²) in [6, 6.07) is 4.91. The Balaban J connectivity index is 1.51. The summed E-state index contributed by atoms with van der Waals surface area (Å²) >= 11 is 0. The van der Waals surface area contributed by atoms with Gasteiger partial charge in [0.25, 0.3) is 0 Å². The maximum atomic E-state index is 12.8. The lowest BCUT2D eigenvalue weighted by molar-refractivity contribution is -0.137. The monoisotopic (exact) mass is 485 g/mol. The number of H-pyrrole nitrogens is 1. The van der Waals surface area contributed by atoms with Crippen LogP contribution in [0.4, 0.5) is 5.82 Å². The molecule has 1 saturated heterocycles. The summed E-state index contributed by atoms with van der Waals surface area (Å²) in [4.78, 5) is 50.5. The second kappa shape index (κ2) is 12.5. The molecule has 35 heavy (non-hydrogen) atoms. The topological polar surface area (TPSA) is 153 Å². The van der Waals surface area contributed by atoms with Gasteiger partial charge in [-0.25, -0.2) is 5.01 Å². The van der Waals surface area contributed by atoms with Crippen LogP contribution in [0.5, 0.6) is 0 Å². The number of piperidine rings is 1. The molecule has 0 radical (unpaired) electrons. The van der Waals surface area contributed by atoms with Crippen LogP contribution in [-0.4, -0.2) is 64.4 Å². The van der Waals surface area contributed by atoms with E-state index in [2.05, 4.69) is 26.3 Å². The SMILES string of the molecule is CN(C)NC(=O)CCC(=O)N1CCCC[C@@H]1c1cc(NC(=O)/C=C/C(=O)NCc2ccco2)n[nH]1. The number of likely N-dealkylation sites (tertiary alicyclic amines) is 1. The third-order valence-electron chi connectivity index (χ3n) is 5.35. The Morgan fingerprint density at radius 1 is 1.20 bits per heavy atom. The summed E-state index contributed by atoms with van der Waals surface area (Å²) in [6.07, 6.45) is 6.55. The van der Waals surface area contributed by atoms with Gasteiger partial charge in [0, 0.05) is 51.7 Å². The number of hydrogen-bond acceptors (Lipinski definition) is 7.